The summed E-state index contributed by atoms with van der Waals surface area (Å²) in [6, 6.07) is 4.67. The van der Waals surface area contributed by atoms with Crippen LogP contribution in [-0.4, -0.2) is 14.9 Å². The molecule has 1 atom stereocenters. The van der Waals surface area contributed by atoms with Crippen molar-refractivity contribution in [3.05, 3.63) is 23.2 Å². The molecule has 1 fully saturated rings. The fourth-order valence-electron chi connectivity index (χ4n) is 1.90. The molecule has 0 radical (unpaired) electrons. The first-order valence-electron chi connectivity index (χ1n) is 5.22. The van der Waals surface area contributed by atoms with Gasteiger partial charge in [0.1, 0.15) is 5.75 Å². The summed E-state index contributed by atoms with van der Waals surface area (Å²) in [5.41, 5.74) is 0. The number of hydrogen-bond acceptors (Lipinski definition) is 3. The van der Waals surface area contributed by atoms with Crippen molar-refractivity contribution in [3.63, 3.8) is 0 Å². The molecule has 17 heavy (non-hydrogen) atoms. The Balaban J connectivity index is 0.00000144. The van der Waals surface area contributed by atoms with E-state index in [2.05, 4.69) is 0 Å². The zero-order valence-electron chi connectivity index (χ0n) is 9.65. The number of halogens is 1. The van der Waals surface area contributed by atoms with Crippen molar-refractivity contribution in [2.75, 3.05) is 0 Å². The fourth-order valence-corrected chi connectivity index (χ4v) is 2.64. The van der Waals surface area contributed by atoms with Crippen LogP contribution >= 0.6 is 11.6 Å². The maximum atomic E-state index is 11.0. The van der Waals surface area contributed by atoms with Gasteiger partial charge in [-0.2, -0.15) is 0 Å². The molecule has 6 heteroatoms. The van der Waals surface area contributed by atoms with E-state index in [1.165, 1.54) is 6.07 Å². The van der Waals surface area contributed by atoms with Gasteiger partial charge in [-0.15, -0.1) is 0 Å². The van der Waals surface area contributed by atoms with Gasteiger partial charge in [0.25, 0.3) is 0 Å². The summed E-state index contributed by atoms with van der Waals surface area (Å²) in [5.74, 6) is 0.407. The molecular formula is C11H12ClNaO3S. The van der Waals surface area contributed by atoms with Crippen molar-refractivity contribution in [1.82, 2.24) is 0 Å². The summed E-state index contributed by atoms with van der Waals surface area (Å²) < 4.78 is 27.7. The molecule has 88 valence electrons. The molecule has 1 aromatic carbocycles. The Hall–Kier alpha value is 0.420. The molecule has 0 heterocycles. The van der Waals surface area contributed by atoms with E-state index in [0.29, 0.717) is 10.8 Å². The number of ether oxygens (including phenoxy) is 1. The predicted molar refractivity (Wildman–Crippen MR) is 61.5 cm³/mol. The van der Waals surface area contributed by atoms with E-state index in [1.54, 1.807) is 12.1 Å². The molecule has 1 aliphatic rings. The zero-order valence-corrected chi connectivity index (χ0v) is 13.2. The van der Waals surface area contributed by atoms with Crippen LogP contribution in [0.15, 0.2) is 23.1 Å². The SMILES string of the molecule is O=S([O-])c1cc(Cl)ccc1OC1CCCC1.[Na+]. The molecule has 2 rings (SSSR count). The molecule has 1 aliphatic carbocycles. The van der Waals surface area contributed by atoms with Gasteiger partial charge in [0.15, 0.2) is 0 Å². The Morgan fingerprint density at radius 3 is 2.59 bits per heavy atom. The standard InChI is InChI=1S/C11H13ClO3S.Na/c12-8-5-6-10(11(7-8)16(13)14)15-9-3-1-2-4-9;/h5-7,9H,1-4H2,(H,13,14);/q;+1/p-1. The second kappa shape index (κ2) is 7.12. The zero-order chi connectivity index (χ0) is 11.5. The van der Waals surface area contributed by atoms with Crippen LogP contribution in [-0.2, 0) is 11.1 Å². The van der Waals surface area contributed by atoms with E-state index < -0.39 is 11.1 Å². The predicted octanol–water partition coefficient (Wildman–Crippen LogP) is -0.0966. The van der Waals surface area contributed by atoms with E-state index in [0.717, 1.165) is 25.7 Å². The summed E-state index contributed by atoms with van der Waals surface area (Å²) in [5, 5.41) is 0.401. The first kappa shape index (κ1) is 15.5. The summed E-state index contributed by atoms with van der Waals surface area (Å²) in [6.07, 6.45) is 4.42. The topological polar surface area (TPSA) is 49.4 Å². The van der Waals surface area contributed by atoms with Gasteiger partial charge in [0, 0.05) is 5.02 Å². The molecule has 0 N–H and O–H groups in total. The Labute approximate surface area is 130 Å². The molecule has 0 bridgehead atoms. The maximum absolute atomic E-state index is 11.0. The Morgan fingerprint density at radius 1 is 1.35 bits per heavy atom. The molecule has 3 nitrogen and oxygen atoms in total. The molecule has 1 saturated carbocycles. The van der Waals surface area contributed by atoms with E-state index in [-0.39, 0.29) is 40.6 Å². The second-order valence-corrected chi connectivity index (χ2v) is 5.20. The van der Waals surface area contributed by atoms with Crippen molar-refractivity contribution in [3.8, 4) is 5.75 Å². The minimum atomic E-state index is -2.31. The second-order valence-electron chi connectivity index (χ2n) is 3.85. The van der Waals surface area contributed by atoms with Crippen LogP contribution in [0.3, 0.4) is 0 Å². The molecule has 0 aliphatic heterocycles. The Morgan fingerprint density at radius 2 is 2.00 bits per heavy atom. The van der Waals surface area contributed by atoms with Crippen molar-refractivity contribution in [2.24, 2.45) is 0 Å². The Bertz CT molecular complexity index is 408. The molecule has 1 unspecified atom stereocenters. The van der Waals surface area contributed by atoms with Crippen molar-refractivity contribution in [2.45, 2.75) is 36.7 Å². The van der Waals surface area contributed by atoms with Gasteiger partial charge in [-0.1, -0.05) is 11.6 Å². The van der Waals surface area contributed by atoms with Crippen LogP contribution in [0, 0.1) is 0 Å². The minimum absolute atomic E-state index is 0. The summed E-state index contributed by atoms with van der Waals surface area (Å²) >= 11 is 3.44. The molecule has 0 saturated heterocycles. The van der Waals surface area contributed by atoms with Crippen LogP contribution in [0.4, 0.5) is 0 Å². The van der Waals surface area contributed by atoms with Crippen molar-refractivity contribution < 1.29 is 43.1 Å². The quantitative estimate of drug-likeness (QED) is 0.575. The van der Waals surface area contributed by atoms with Gasteiger partial charge in [-0.25, -0.2) is 0 Å². The van der Waals surface area contributed by atoms with Crippen LogP contribution in [0.25, 0.3) is 0 Å². The van der Waals surface area contributed by atoms with E-state index in [4.69, 9.17) is 16.3 Å². The van der Waals surface area contributed by atoms with Gasteiger partial charge in [0.2, 0.25) is 0 Å². The van der Waals surface area contributed by atoms with Crippen LogP contribution < -0.4 is 34.3 Å². The first-order valence-corrected chi connectivity index (χ1v) is 6.67. The number of benzene rings is 1. The summed E-state index contributed by atoms with van der Waals surface area (Å²) in [4.78, 5) is 0.138. The molecular weight excluding hydrogens is 271 g/mol. The molecule has 0 amide bonds. The van der Waals surface area contributed by atoms with Crippen molar-refractivity contribution >= 4 is 22.7 Å². The normalized spacial score (nSPS) is 17.5. The van der Waals surface area contributed by atoms with Gasteiger partial charge < -0.3 is 9.29 Å². The number of hydrogen-bond donors (Lipinski definition) is 0. The molecule has 0 aromatic heterocycles. The van der Waals surface area contributed by atoms with Crippen LogP contribution in [0.1, 0.15) is 25.7 Å². The van der Waals surface area contributed by atoms with Gasteiger partial charge >= 0.3 is 29.6 Å². The molecule has 1 aromatic rings. The number of rotatable bonds is 3. The summed E-state index contributed by atoms with van der Waals surface area (Å²) in [6.45, 7) is 0. The van der Waals surface area contributed by atoms with Gasteiger partial charge in [0.05, 0.1) is 11.0 Å². The third-order valence-corrected chi connectivity index (χ3v) is 3.59. The van der Waals surface area contributed by atoms with Gasteiger partial charge in [-0.05, 0) is 55.0 Å². The average Bonchev–Trinajstić information content (AvgIpc) is 2.73. The van der Waals surface area contributed by atoms with E-state index in [9.17, 15) is 8.76 Å². The smallest absolute Gasteiger partial charge is 0.768 e. The fraction of sp³-hybridized carbons (Fsp3) is 0.455. The largest absolute Gasteiger partial charge is 1.00 e. The monoisotopic (exact) mass is 282 g/mol. The average molecular weight is 283 g/mol. The minimum Gasteiger partial charge on any atom is -0.768 e. The van der Waals surface area contributed by atoms with E-state index in [1.807, 2.05) is 0 Å². The first-order chi connectivity index (χ1) is 7.66. The van der Waals surface area contributed by atoms with Crippen LogP contribution in [0.2, 0.25) is 5.02 Å². The Kier molecular flexibility index (Phi) is 6.48. The summed E-state index contributed by atoms with van der Waals surface area (Å²) in [7, 11) is 0. The third kappa shape index (κ3) is 4.23. The van der Waals surface area contributed by atoms with Crippen LogP contribution in [0.5, 0.6) is 5.75 Å². The van der Waals surface area contributed by atoms with E-state index >= 15 is 0 Å². The third-order valence-electron chi connectivity index (χ3n) is 2.68. The maximum Gasteiger partial charge on any atom is 1.00 e. The van der Waals surface area contributed by atoms with Crippen molar-refractivity contribution in [1.29, 1.82) is 0 Å². The molecule has 0 spiro atoms. The van der Waals surface area contributed by atoms with Gasteiger partial charge in [-0.3, -0.25) is 4.21 Å².